The van der Waals surface area contributed by atoms with Gasteiger partial charge >= 0.3 is 6.09 Å². The number of likely N-dealkylation sites (tertiary alicyclic amines) is 1. The first-order valence-corrected chi connectivity index (χ1v) is 9.71. The summed E-state index contributed by atoms with van der Waals surface area (Å²) in [7, 11) is 0. The smallest absolute Gasteiger partial charge is 0.410 e. The molecule has 3 N–H and O–H groups in total. The van der Waals surface area contributed by atoms with Crippen LogP contribution in [0.3, 0.4) is 0 Å². The van der Waals surface area contributed by atoms with Crippen LogP contribution in [0.15, 0.2) is 29.1 Å². The lowest BCUT2D eigenvalue weighted by Gasteiger charge is -2.32. The van der Waals surface area contributed by atoms with Crippen LogP contribution in [0.5, 0.6) is 0 Å². The van der Waals surface area contributed by atoms with Crippen LogP contribution in [-0.4, -0.2) is 51.7 Å². The molecule has 160 valence electrons. The van der Waals surface area contributed by atoms with E-state index in [9.17, 15) is 19.2 Å². The van der Waals surface area contributed by atoms with Gasteiger partial charge in [0.2, 0.25) is 5.91 Å². The number of carbonyl (C=O) groups is 3. The molecule has 10 heteroatoms. The highest BCUT2D eigenvalue weighted by molar-refractivity contribution is 6.05. The molecule has 0 saturated carbocycles. The van der Waals surface area contributed by atoms with Gasteiger partial charge in [-0.3, -0.25) is 25.2 Å². The molecule has 1 aliphatic heterocycles. The number of ether oxygens (including phenoxy) is 1. The number of aromatic amines is 1. The highest BCUT2D eigenvalue weighted by Gasteiger charge is 2.30. The van der Waals surface area contributed by atoms with Gasteiger partial charge in [-0.25, -0.2) is 9.89 Å². The van der Waals surface area contributed by atoms with E-state index in [1.807, 2.05) is 0 Å². The highest BCUT2D eigenvalue weighted by Crippen LogP contribution is 2.20. The molecule has 30 heavy (non-hydrogen) atoms. The molecular weight excluding hydrogens is 390 g/mol. The van der Waals surface area contributed by atoms with Crippen molar-refractivity contribution in [2.75, 3.05) is 13.1 Å². The third kappa shape index (κ3) is 4.94. The molecule has 0 unspecified atom stereocenters. The molecular formula is C20H25N5O5. The third-order valence-corrected chi connectivity index (χ3v) is 4.73. The molecule has 0 aliphatic carbocycles. The second-order valence-corrected chi connectivity index (χ2v) is 8.13. The number of rotatable bonds is 2. The maximum Gasteiger partial charge on any atom is 0.410 e. The fourth-order valence-corrected chi connectivity index (χ4v) is 3.22. The van der Waals surface area contributed by atoms with Crippen molar-refractivity contribution in [3.63, 3.8) is 0 Å². The molecule has 1 aromatic heterocycles. The van der Waals surface area contributed by atoms with E-state index in [2.05, 4.69) is 21.0 Å². The van der Waals surface area contributed by atoms with Crippen LogP contribution in [-0.2, 0) is 9.53 Å². The van der Waals surface area contributed by atoms with E-state index in [0.717, 1.165) is 0 Å². The average Bonchev–Trinajstić information content (AvgIpc) is 2.71. The molecule has 2 aromatic rings. The molecule has 1 fully saturated rings. The van der Waals surface area contributed by atoms with Gasteiger partial charge in [0.25, 0.3) is 11.5 Å². The van der Waals surface area contributed by atoms with Crippen LogP contribution in [0.1, 0.15) is 44.1 Å². The predicted octanol–water partition coefficient (Wildman–Crippen LogP) is 1.33. The summed E-state index contributed by atoms with van der Waals surface area (Å²) in [4.78, 5) is 50.4. The zero-order valence-corrected chi connectivity index (χ0v) is 17.2. The number of piperidine rings is 1. The number of benzene rings is 1. The van der Waals surface area contributed by atoms with E-state index in [1.165, 1.54) is 0 Å². The minimum Gasteiger partial charge on any atom is -0.444 e. The molecule has 10 nitrogen and oxygen atoms in total. The third-order valence-electron chi connectivity index (χ3n) is 4.73. The van der Waals surface area contributed by atoms with Crippen molar-refractivity contribution >= 4 is 28.7 Å². The number of H-pyrrole nitrogens is 1. The topological polar surface area (TPSA) is 133 Å². The van der Waals surface area contributed by atoms with Crippen molar-refractivity contribution in [3.8, 4) is 0 Å². The molecule has 3 amide bonds. The first-order chi connectivity index (χ1) is 14.2. The standard InChI is InChI=1S/C20H25N5O5/c1-20(2,3)30-19(29)25-10-8-12(9-11-25)16(26)22-24-18(28)15-13-6-4-5-7-14(13)17(27)23-21-15/h4-7,12H,8-11H2,1-3H3,(H,22,26)(H,23,27)(H,24,28). The summed E-state index contributed by atoms with van der Waals surface area (Å²) in [5, 5.41) is 6.79. The van der Waals surface area contributed by atoms with Gasteiger partial charge in [0.1, 0.15) is 5.60 Å². The van der Waals surface area contributed by atoms with Crippen molar-refractivity contribution in [3.05, 3.63) is 40.3 Å². The molecule has 1 aliphatic rings. The van der Waals surface area contributed by atoms with Gasteiger partial charge < -0.3 is 9.64 Å². The minimum absolute atomic E-state index is 0.00486. The Morgan fingerprint density at radius 2 is 1.73 bits per heavy atom. The summed E-state index contributed by atoms with van der Waals surface area (Å²) < 4.78 is 5.34. The Hall–Kier alpha value is -3.43. The van der Waals surface area contributed by atoms with E-state index in [4.69, 9.17) is 4.74 Å². The lowest BCUT2D eigenvalue weighted by Crippen LogP contribution is -2.49. The Morgan fingerprint density at radius 3 is 2.37 bits per heavy atom. The van der Waals surface area contributed by atoms with Gasteiger partial charge in [-0.15, -0.1) is 0 Å². The van der Waals surface area contributed by atoms with E-state index in [1.54, 1.807) is 49.9 Å². The number of carbonyl (C=O) groups excluding carboxylic acids is 3. The number of hydrogen-bond donors (Lipinski definition) is 3. The van der Waals surface area contributed by atoms with Crippen molar-refractivity contribution in [1.29, 1.82) is 0 Å². The number of nitrogens with zero attached hydrogens (tertiary/aromatic N) is 2. The van der Waals surface area contributed by atoms with Crippen LogP contribution in [0, 0.1) is 5.92 Å². The summed E-state index contributed by atoms with van der Waals surface area (Å²) in [6, 6.07) is 6.58. The first kappa shape index (κ1) is 21.3. The van der Waals surface area contributed by atoms with Gasteiger partial charge in [-0.2, -0.15) is 5.10 Å². The fraction of sp³-hybridized carbons (Fsp3) is 0.450. The zero-order chi connectivity index (χ0) is 21.9. The number of amides is 3. The minimum atomic E-state index is -0.637. The maximum atomic E-state index is 12.5. The Balaban J connectivity index is 1.55. The number of nitrogens with one attached hydrogen (secondary N) is 3. The SMILES string of the molecule is CC(C)(C)OC(=O)N1CCC(C(=O)NNC(=O)c2n[nH]c(=O)c3ccccc23)CC1. The molecule has 1 saturated heterocycles. The molecule has 1 aromatic carbocycles. The normalized spacial score (nSPS) is 15.0. The van der Waals surface area contributed by atoms with Gasteiger partial charge in [0.05, 0.1) is 5.39 Å². The molecule has 0 radical (unpaired) electrons. The van der Waals surface area contributed by atoms with Crippen LogP contribution >= 0.6 is 0 Å². The van der Waals surface area contributed by atoms with Crippen LogP contribution in [0.2, 0.25) is 0 Å². The second-order valence-electron chi connectivity index (χ2n) is 8.13. The predicted molar refractivity (Wildman–Crippen MR) is 109 cm³/mol. The summed E-state index contributed by atoms with van der Waals surface area (Å²) in [6.07, 6.45) is 0.521. The quantitative estimate of drug-likeness (QED) is 0.634. The largest absolute Gasteiger partial charge is 0.444 e. The monoisotopic (exact) mass is 415 g/mol. The van der Waals surface area contributed by atoms with Gasteiger partial charge in [-0.1, -0.05) is 18.2 Å². The number of hydrogen-bond acceptors (Lipinski definition) is 6. The average molecular weight is 415 g/mol. The first-order valence-electron chi connectivity index (χ1n) is 9.71. The number of hydrazine groups is 1. The Kier molecular flexibility index (Phi) is 6.04. The maximum absolute atomic E-state index is 12.5. The van der Waals surface area contributed by atoms with E-state index in [-0.39, 0.29) is 17.5 Å². The molecule has 3 rings (SSSR count). The van der Waals surface area contributed by atoms with Gasteiger partial charge in [0.15, 0.2) is 5.69 Å². The van der Waals surface area contributed by atoms with Gasteiger partial charge in [-0.05, 0) is 39.7 Å². The van der Waals surface area contributed by atoms with Crippen LogP contribution < -0.4 is 16.4 Å². The van der Waals surface area contributed by atoms with Crippen molar-refractivity contribution in [2.45, 2.75) is 39.2 Å². The van der Waals surface area contributed by atoms with E-state index in [0.29, 0.717) is 36.7 Å². The number of aromatic nitrogens is 2. The summed E-state index contributed by atoms with van der Waals surface area (Å²) in [6.45, 7) is 6.19. The molecule has 0 bridgehead atoms. The van der Waals surface area contributed by atoms with Crippen LogP contribution in [0.25, 0.3) is 10.8 Å². The van der Waals surface area contributed by atoms with Crippen molar-refractivity contribution in [1.82, 2.24) is 25.9 Å². The number of fused-ring (bicyclic) bond motifs is 1. The Morgan fingerprint density at radius 1 is 1.10 bits per heavy atom. The molecule has 0 spiro atoms. The van der Waals surface area contributed by atoms with E-state index < -0.39 is 23.2 Å². The van der Waals surface area contributed by atoms with Gasteiger partial charge in [0, 0.05) is 24.4 Å². The lowest BCUT2D eigenvalue weighted by molar-refractivity contribution is -0.127. The zero-order valence-electron chi connectivity index (χ0n) is 17.2. The van der Waals surface area contributed by atoms with Crippen molar-refractivity contribution < 1.29 is 19.1 Å². The van der Waals surface area contributed by atoms with Crippen molar-refractivity contribution in [2.24, 2.45) is 5.92 Å². The van der Waals surface area contributed by atoms with Crippen LogP contribution in [0.4, 0.5) is 4.79 Å². The van der Waals surface area contributed by atoms with E-state index >= 15 is 0 Å². The summed E-state index contributed by atoms with van der Waals surface area (Å²) in [5.41, 5.74) is 3.78. The molecule has 2 heterocycles. The Labute approximate surface area is 172 Å². The molecule has 0 atom stereocenters. The Bertz CT molecular complexity index is 1020. The summed E-state index contributed by atoms with van der Waals surface area (Å²) >= 11 is 0. The highest BCUT2D eigenvalue weighted by atomic mass is 16.6. The second kappa shape index (κ2) is 8.52. The lowest BCUT2D eigenvalue weighted by atomic mass is 9.96. The summed E-state index contributed by atoms with van der Waals surface area (Å²) in [5.74, 6) is -1.33. The fourth-order valence-electron chi connectivity index (χ4n) is 3.22.